The van der Waals surface area contributed by atoms with Gasteiger partial charge in [0.15, 0.2) is 0 Å². The van der Waals surface area contributed by atoms with E-state index in [1.807, 2.05) is 12.1 Å². The Morgan fingerprint density at radius 2 is 1.82 bits per heavy atom. The van der Waals surface area contributed by atoms with E-state index < -0.39 is 80.7 Å². The van der Waals surface area contributed by atoms with Crippen LogP contribution in [-0.4, -0.2) is 90.3 Å². The maximum absolute atomic E-state index is 14.2. The fourth-order valence-electron chi connectivity index (χ4n) is 7.26. The van der Waals surface area contributed by atoms with E-state index in [2.05, 4.69) is 28.0 Å². The van der Waals surface area contributed by atoms with Gasteiger partial charge in [-0.1, -0.05) is 51.0 Å². The molecule has 2 saturated carbocycles. The van der Waals surface area contributed by atoms with E-state index in [9.17, 15) is 32.4 Å². The van der Waals surface area contributed by atoms with Crippen molar-refractivity contribution in [3.8, 4) is 0 Å². The molecule has 3 fully saturated rings. The lowest BCUT2D eigenvalue weighted by Gasteiger charge is -2.31. The van der Waals surface area contributed by atoms with E-state index in [1.165, 1.54) is 16.5 Å². The van der Waals surface area contributed by atoms with Crippen LogP contribution >= 0.6 is 0 Å². The second kappa shape index (κ2) is 14.2. The Kier molecular flexibility index (Phi) is 10.2. The van der Waals surface area contributed by atoms with Gasteiger partial charge in [-0.2, -0.15) is 0 Å². The first kappa shape index (κ1) is 35.7. The number of hydrogen-bond acceptors (Lipinski definition) is 9. The van der Waals surface area contributed by atoms with Crippen molar-refractivity contribution in [3.05, 3.63) is 47.5 Å². The van der Waals surface area contributed by atoms with Crippen LogP contribution < -0.4 is 15.4 Å². The number of ether oxygens (including phenoxy) is 2. The zero-order valence-corrected chi connectivity index (χ0v) is 29.5. The minimum Gasteiger partial charge on any atom is -0.450 e. The van der Waals surface area contributed by atoms with Gasteiger partial charge in [0.2, 0.25) is 21.8 Å². The Balaban J connectivity index is 1.24. The maximum Gasteiger partial charge on any atom is 0.410 e. The molecule has 14 nitrogen and oxygen atoms in total. The number of fused-ring (bicyclic) bond motifs is 3. The SMILES string of the molecule is C=C[C@@H]1C[C@@]1(NC(=O)[C@@H]1C[C@@H]2CN1C(=O)[C@H](C(C)C)NC(=O)OCCCCCCc1cccc3c1CN(C3)C(=O)O2)C(=O)NS(=O)(=O)C1CC1. The summed E-state index contributed by atoms with van der Waals surface area (Å²) in [6.07, 6.45) is 4.54. The van der Waals surface area contributed by atoms with Crippen molar-refractivity contribution < 1.29 is 41.9 Å². The molecule has 272 valence electrons. The van der Waals surface area contributed by atoms with Crippen LogP contribution in [0.25, 0.3) is 0 Å². The number of aryl methyl sites for hydroxylation is 1. The molecule has 3 N–H and O–H groups in total. The zero-order valence-electron chi connectivity index (χ0n) is 28.6. The lowest BCUT2D eigenvalue weighted by molar-refractivity contribution is -0.141. The van der Waals surface area contributed by atoms with Crippen LogP contribution in [0.3, 0.4) is 0 Å². The normalized spacial score (nSPS) is 29.1. The molecule has 0 aromatic heterocycles. The van der Waals surface area contributed by atoms with Crippen LogP contribution in [-0.2, 0) is 53.4 Å². The van der Waals surface area contributed by atoms with Gasteiger partial charge in [0.1, 0.15) is 23.7 Å². The standard InChI is InChI=1S/C35H47N5O9S/c1-4-24-17-35(24,32(43)38-50(46,47)26-13-14-26)37-30(41)28-16-25-19-40(28)31(42)29(21(2)3)36-33(44)48-15-8-6-5-7-10-22-11-9-12-23-18-39(20-27(22)23)34(45)49-25/h4,9,11-12,21,24-26,28-29H,1,5-8,10,13-20H2,2-3H3,(H,36,44)(H,37,41)(H,38,43)/t24-,25-,28+,29+,35+/m1/s1. The molecular formula is C35H47N5O9S. The smallest absolute Gasteiger partial charge is 0.410 e. The number of carbonyl (C=O) groups is 5. The van der Waals surface area contributed by atoms with Crippen molar-refractivity contribution >= 4 is 39.9 Å². The second-order valence-electron chi connectivity index (χ2n) is 14.5. The number of nitrogens with zero attached hydrogens (tertiary/aromatic N) is 2. The summed E-state index contributed by atoms with van der Waals surface area (Å²) in [4.78, 5) is 70.8. The largest absolute Gasteiger partial charge is 0.450 e. The third-order valence-electron chi connectivity index (χ3n) is 10.5. The van der Waals surface area contributed by atoms with Gasteiger partial charge >= 0.3 is 12.2 Å². The molecule has 2 aliphatic carbocycles. The molecule has 3 heterocycles. The predicted molar refractivity (Wildman–Crippen MR) is 181 cm³/mol. The highest BCUT2D eigenvalue weighted by atomic mass is 32.2. The van der Waals surface area contributed by atoms with Gasteiger partial charge in [-0.15, -0.1) is 6.58 Å². The van der Waals surface area contributed by atoms with E-state index in [0.717, 1.165) is 36.8 Å². The molecule has 5 atom stereocenters. The summed E-state index contributed by atoms with van der Waals surface area (Å²) in [5, 5.41) is 4.75. The number of amides is 5. The molecule has 0 spiro atoms. The molecule has 1 aromatic carbocycles. The Bertz CT molecular complexity index is 1660. The number of nitrogens with one attached hydrogen (secondary N) is 3. The van der Waals surface area contributed by atoms with Crippen molar-refractivity contribution in [2.24, 2.45) is 11.8 Å². The third kappa shape index (κ3) is 7.47. The number of benzene rings is 1. The summed E-state index contributed by atoms with van der Waals surface area (Å²) in [5.74, 6) is -3.06. The Hall–Kier alpha value is -4.14. The third-order valence-corrected chi connectivity index (χ3v) is 12.3. The predicted octanol–water partition coefficient (Wildman–Crippen LogP) is 2.64. The minimum absolute atomic E-state index is 0.0680. The summed E-state index contributed by atoms with van der Waals surface area (Å²) in [6.45, 7) is 8.08. The van der Waals surface area contributed by atoms with Crippen LogP contribution in [0.5, 0.6) is 0 Å². The number of cyclic esters (lactones) is 1. The minimum atomic E-state index is -3.90. The summed E-state index contributed by atoms with van der Waals surface area (Å²) >= 11 is 0. The highest BCUT2D eigenvalue weighted by Gasteiger charge is 2.62. The van der Waals surface area contributed by atoms with E-state index in [-0.39, 0.29) is 26.0 Å². The first-order valence-corrected chi connectivity index (χ1v) is 19.2. The second-order valence-corrected chi connectivity index (χ2v) is 16.5. The van der Waals surface area contributed by atoms with Crippen molar-refractivity contribution in [1.82, 2.24) is 25.2 Å². The molecule has 15 heteroatoms. The molecule has 1 saturated heterocycles. The molecule has 50 heavy (non-hydrogen) atoms. The zero-order chi connectivity index (χ0) is 35.8. The molecule has 3 aliphatic heterocycles. The van der Waals surface area contributed by atoms with E-state index in [1.54, 1.807) is 18.7 Å². The molecule has 1 aromatic rings. The van der Waals surface area contributed by atoms with Crippen LogP contribution in [0.15, 0.2) is 30.9 Å². The summed E-state index contributed by atoms with van der Waals surface area (Å²) in [6, 6.07) is 3.82. The topological polar surface area (TPSA) is 181 Å². The van der Waals surface area contributed by atoms with Crippen molar-refractivity contribution in [1.29, 1.82) is 0 Å². The average Bonchev–Trinajstić information content (AvgIpc) is 3.96. The highest BCUT2D eigenvalue weighted by Crippen LogP contribution is 2.45. The Labute approximate surface area is 292 Å². The first-order chi connectivity index (χ1) is 23.8. The number of alkyl carbamates (subject to hydrolysis) is 1. The summed E-state index contributed by atoms with van der Waals surface area (Å²) < 4.78 is 38.7. The summed E-state index contributed by atoms with van der Waals surface area (Å²) in [5.41, 5.74) is 1.77. The molecule has 6 rings (SSSR count). The van der Waals surface area contributed by atoms with E-state index in [0.29, 0.717) is 32.4 Å². The fraction of sp³-hybridized carbons (Fsp3) is 0.629. The van der Waals surface area contributed by atoms with Gasteiger partial charge in [0, 0.05) is 25.4 Å². The Morgan fingerprint density at radius 3 is 2.52 bits per heavy atom. The van der Waals surface area contributed by atoms with Gasteiger partial charge in [0.05, 0.1) is 18.4 Å². The Morgan fingerprint density at radius 1 is 1.08 bits per heavy atom. The number of hydrogen-bond donors (Lipinski definition) is 3. The molecule has 4 bridgehead atoms. The lowest BCUT2D eigenvalue weighted by atomic mass is 9.98. The molecule has 5 amide bonds. The summed E-state index contributed by atoms with van der Waals surface area (Å²) in [7, 11) is -3.90. The number of rotatable bonds is 7. The van der Waals surface area contributed by atoms with Crippen molar-refractivity contribution in [2.45, 2.75) is 114 Å². The highest BCUT2D eigenvalue weighted by molar-refractivity contribution is 7.91. The maximum atomic E-state index is 14.2. The van der Waals surface area contributed by atoms with Crippen molar-refractivity contribution in [2.75, 3.05) is 13.2 Å². The van der Waals surface area contributed by atoms with Crippen LogP contribution in [0, 0.1) is 11.8 Å². The molecule has 5 aliphatic rings. The molecule has 0 radical (unpaired) electrons. The van der Waals surface area contributed by atoms with Gasteiger partial charge in [-0.3, -0.25) is 24.0 Å². The van der Waals surface area contributed by atoms with Gasteiger partial charge in [-0.05, 0) is 61.1 Å². The van der Waals surface area contributed by atoms with Gasteiger partial charge in [0.25, 0.3) is 5.91 Å². The van der Waals surface area contributed by atoms with E-state index >= 15 is 0 Å². The number of sulfonamides is 1. The quantitative estimate of drug-likeness (QED) is 0.358. The van der Waals surface area contributed by atoms with E-state index in [4.69, 9.17) is 9.47 Å². The van der Waals surface area contributed by atoms with Gasteiger partial charge in [-0.25, -0.2) is 18.0 Å². The fourth-order valence-corrected chi connectivity index (χ4v) is 8.63. The first-order valence-electron chi connectivity index (χ1n) is 17.6. The van der Waals surface area contributed by atoms with Crippen LogP contribution in [0.4, 0.5) is 9.59 Å². The van der Waals surface area contributed by atoms with Crippen LogP contribution in [0.1, 0.15) is 81.9 Å². The number of carbonyl (C=O) groups excluding carboxylic acids is 5. The van der Waals surface area contributed by atoms with Crippen LogP contribution in [0.2, 0.25) is 0 Å². The lowest BCUT2D eigenvalue weighted by Crippen LogP contribution is -2.59. The molecule has 0 unspecified atom stereocenters. The average molecular weight is 714 g/mol. The molecular weight excluding hydrogens is 666 g/mol. The van der Waals surface area contributed by atoms with Gasteiger partial charge < -0.3 is 25.0 Å². The van der Waals surface area contributed by atoms with Crippen molar-refractivity contribution in [3.63, 3.8) is 0 Å². The monoisotopic (exact) mass is 713 g/mol.